The van der Waals surface area contributed by atoms with Gasteiger partial charge in [0.2, 0.25) is 0 Å². The number of nitrogens with two attached hydrogens (primary N) is 1. The molecule has 1 fully saturated rings. The molecule has 0 radical (unpaired) electrons. The Morgan fingerprint density at radius 1 is 1.48 bits per heavy atom. The molecule has 1 aromatic carbocycles. The largest absolute Gasteiger partial charge is 0.487 e. The van der Waals surface area contributed by atoms with Crippen molar-refractivity contribution in [3.63, 3.8) is 0 Å². The molecule has 25 heavy (non-hydrogen) atoms. The number of nitro groups is 1. The van der Waals surface area contributed by atoms with Crippen molar-refractivity contribution in [1.82, 2.24) is 5.43 Å². The number of ether oxygens (including phenoxy) is 4. The molecule has 2 aliphatic heterocycles. The summed E-state index contributed by atoms with van der Waals surface area (Å²) in [4.78, 5) is 14.5. The molecule has 1 saturated heterocycles. The molecule has 0 aromatic heterocycles. The van der Waals surface area contributed by atoms with E-state index in [-0.39, 0.29) is 6.61 Å². The number of hydrogen-bond donors (Lipinski definition) is 3. The SMILES string of the molecule is CO[C@@H]1O[C@H]2COc3ccccc3O[C@@H]2[C@@H](N=C(N)N[N+](=O)[O-])[C@H]1O. The number of para-hydroxylation sites is 2. The fraction of sp³-hybridized carbons (Fsp3) is 0.500. The third-order valence-electron chi connectivity index (χ3n) is 3.88. The van der Waals surface area contributed by atoms with Crippen molar-refractivity contribution in [3.05, 3.63) is 34.4 Å². The van der Waals surface area contributed by atoms with Gasteiger partial charge in [-0.1, -0.05) is 17.6 Å². The van der Waals surface area contributed by atoms with Gasteiger partial charge in [0.05, 0.1) is 0 Å². The molecule has 11 nitrogen and oxygen atoms in total. The molecule has 0 unspecified atom stereocenters. The quantitative estimate of drug-likeness (QED) is 0.269. The lowest BCUT2D eigenvalue weighted by Gasteiger charge is -2.41. The van der Waals surface area contributed by atoms with Crippen molar-refractivity contribution in [3.8, 4) is 11.5 Å². The lowest BCUT2D eigenvalue weighted by atomic mass is 9.96. The summed E-state index contributed by atoms with van der Waals surface area (Å²) in [5.41, 5.74) is 7.27. The van der Waals surface area contributed by atoms with Crippen LogP contribution in [0.5, 0.6) is 11.5 Å². The topological polar surface area (TPSA) is 151 Å². The highest BCUT2D eigenvalue weighted by molar-refractivity contribution is 5.76. The summed E-state index contributed by atoms with van der Waals surface area (Å²) in [5.74, 6) is 0.498. The van der Waals surface area contributed by atoms with E-state index in [1.54, 1.807) is 29.7 Å². The van der Waals surface area contributed by atoms with Crippen LogP contribution in [-0.4, -0.2) is 60.5 Å². The number of guanidine groups is 1. The van der Waals surface area contributed by atoms with E-state index >= 15 is 0 Å². The maximum Gasteiger partial charge on any atom is 0.252 e. The average Bonchev–Trinajstić information content (AvgIpc) is 2.76. The minimum Gasteiger partial charge on any atom is -0.487 e. The first-order valence-corrected chi connectivity index (χ1v) is 7.48. The Hall–Kier alpha value is -2.63. The van der Waals surface area contributed by atoms with Gasteiger partial charge in [-0.2, -0.15) is 0 Å². The number of nitrogens with zero attached hydrogens (tertiary/aromatic N) is 2. The summed E-state index contributed by atoms with van der Waals surface area (Å²) < 4.78 is 22.4. The molecule has 0 saturated carbocycles. The molecule has 0 amide bonds. The molecule has 4 N–H and O–H groups in total. The molecular weight excluding hydrogens is 336 g/mol. The van der Waals surface area contributed by atoms with Crippen LogP contribution < -0.4 is 20.6 Å². The number of fused-ring (bicyclic) bond motifs is 2. The second-order valence-electron chi connectivity index (χ2n) is 5.48. The molecule has 2 heterocycles. The first-order valence-electron chi connectivity index (χ1n) is 7.48. The van der Waals surface area contributed by atoms with Crippen molar-refractivity contribution >= 4 is 5.96 Å². The van der Waals surface area contributed by atoms with Gasteiger partial charge in [-0.3, -0.25) is 0 Å². The minimum atomic E-state index is -1.25. The van der Waals surface area contributed by atoms with Gasteiger partial charge in [0.1, 0.15) is 24.9 Å². The number of aliphatic imine (C=N–C) groups is 1. The maximum atomic E-state index is 10.5. The lowest BCUT2D eigenvalue weighted by Crippen LogP contribution is -2.61. The van der Waals surface area contributed by atoms with Gasteiger partial charge in [-0.25, -0.2) is 15.1 Å². The van der Waals surface area contributed by atoms with Gasteiger partial charge in [0, 0.05) is 7.11 Å². The normalized spacial score (nSPS) is 31.6. The van der Waals surface area contributed by atoms with E-state index in [1.807, 2.05) is 0 Å². The minimum absolute atomic E-state index is 0.128. The number of aliphatic hydroxyl groups excluding tert-OH is 1. The van der Waals surface area contributed by atoms with E-state index in [9.17, 15) is 15.2 Å². The second kappa shape index (κ2) is 7.09. The molecule has 136 valence electrons. The van der Waals surface area contributed by atoms with Gasteiger partial charge < -0.3 is 29.8 Å². The van der Waals surface area contributed by atoms with E-state index < -0.39 is 41.6 Å². The van der Waals surface area contributed by atoms with Gasteiger partial charge in [0.25, 0.3) is 5.96 Å². The Morgan fingerprint density at radius 3 is 2.88 bits per heavy atom. The van der Waals surface area contributed by atoms with E-state index in [2.05, 4.69) is 4.99 Å². The summed E-state index contributed by atoms with van der Waals surface area (Å²) in [5, 5.41) is 20.1. The molecule has 3 rings (SSSR count). The van der Waals surface area contributed by atoms with Crippen molar-refractivity contribution in [2.75, 3.05) is 13.7 Å². The van der Waals surface area contributed by atoms with Gasteiger partial charge in [0.15, 0.2) is 28.9 Å². The van der Waals surface area contributed by atoms with E-state index in [0.717, 1.165) is 0 Å². The van der Waals surface area contributed by atoms with Crippen LogP contribution in [0.1, 0.15) is 0 Å². The van der Waals surface area contributed by atoms with Crippen LogP contribution in [0.3, 0.4) is 0 Å². The molecule has 0 bridgehead atoms. The number of aliphatic hydroxyl groups is 1. The molecule has 0 spiro atoms. The highest BCUT2D eigenvalue weighted by Gasteiger charge is 2.49. The summed E-state index contributed by atoms with van der Waals surface area (Å²) in [6, 6.07) is 6.02. The van der Waals surface area contributed by atoms with Crippen molar-refractivity contribution < 1.29 is 29.1 Å². The number of benzene rings is 1. The van der Waals surface area contributed by atoms with Crippen LogP contribution >= 0.6 is 0 Å². The summed E-state index contributed by atoms with van der Waals surface area (Å²) in [6.07, 6.45) is -3.66. The summed E-state index contributed by atoms with van der Waals surface area (Å²) in [6.45, 7) is 0.128. The predicted octanol–water partition coefficient (Wildman–Crippen LogP) is -0.977. The van der Waals surface area contributed by atoms with Crippen LogP contribution in [0.15, 0.2) is 29.3 Å². The van der Waals surface area contributed by atoms with Crippen LogP contribution in [0, 0.1) is 10.1 Å². The Bertz CT molecular complexity index is 670. The summed E-state index contributed by atoms with van der Waals surface area (Å²) >= 11 is 0. The number of hydrazine groups is 1. The third-order valence-corrected chi connectivity index (χ3v) is 3.88. The Labute approximate surface area is 142 Å². The van der Waals surface area contributed by atoms with E-state index in [4.69, 9.17) is 24.7 Å². The Balaban J connectivity index is 1.93. The van der Waals surface area contributed by atoms with Crippen molar-refractivity contribution in [1.29, 1.82) is 0 Å². The number of methoxy groups -OCH3 is 1. The Morgan fingerprint density at radius 2 is 2.20 bits per heavy atom. The third kappa shape index (κ3) is 3.57. The standard InChI is InChI=1S/C14H18N4O7/c1-22-13-11(19)10(16-14(15)17-18(20)21)12-9(25-13)6-23-7-4-2-3-5-8(7)24-12/h2-5,9-13,19H,6H2,1H3,(H3,15,16,17)/t9-,10-,11+,12-,13+/m0/s1. The zero-order valence-corrected chi connectivity index (χ0v) is 13.3. The summed E-state index contributed by atoms with van der Waals surface area (Å²) in [7, 11) is 1.36. The highest BCUT2D eigenvalue weighted by atomic mass is 16.7. The van der Waals surface area contributed by atoms with Gasteiger partial charge in [-0.15, -0.1) is 0 Å². The van der Waals surface area contributed by atoms with Gasteiger partial charge >= 0.3 is 0 Å². The molecule has 11 heteroatoms. The zero-order chi connectivity index (χ0) is 18.0. The fourth-order valence-corrected chi connectivity index (χ4v) is 2.80. The molecular formula is C14H18N4O7. The van der Waals surface area contributed by atoms with Crippen LogP contribution in [0.25, 0.3) is 0 Å². The average molecular weight is 354 g/mol. The number of nitrogens with one attached hydrogen (secondary N) is 1. The van der Waals surface area contributed by atoms with Crippen LogP contribution in [0.2, 0.25) is 0 Å². The van der Waals surface area contributed by atoms with Crippen molar-refractivity contribution in [2.24, 2.45) is 10.7 Å². The molecule has 5 atom stereocenters. The highest BCUT2D eigenvalue weighted by Crippen LogP contribution is 2.36. The monoisotopic (exact) mass is 354 g/mol. The van der Waals surface area contributed by atoms with Crippen LogP contribution in [0.4, 0.5) is 0 Å². The lowest BCUT2D eigenvalue weighted by molar-refractivity contribution is -0.525. The molecule has 1 aromatic rings. The fourth-order valence-electron chi connectivity index (χ4n) is 2.80. The van der Waals surface area contributed by atoms with Gasteiger partial charge in [-0.05, 0) is 12.1 Å². The number of rotatable bonds is 3. The van der Waals surface area contributed by atoms with Crippen molar-refractivity contribution in [2.45, 2.75) is 30.6 Å². The predicted molar refractivity (Wildman–Crippen MR) is 83.6 cm³/mol. The van der Waals surface area contributed by atoms with E-state index in [0.29, 0.717) is 11.5 Å². The zero-order valence-electron chi connectivity index (χ0n) is 13.3. The maximum absolute atomic E-state index is 10.5. The van der Waals surface area contributed by atoms with E-state index in [1.165, 1.54) is 7.11 Å². The number of hydrogen-bond acceptors (Lipinski definition) is 8. The second-order valence-corrected chi connectivity index (χ2v) is 5.48. The smallest absolute Gasteiger partial charge is 0.252 e. The molecule has 2 aliphatic rings. The first-order chi connectivity index (χ1) is 12.0. The van der Waals surface area contributed by atoms with Crippen LogP contribution in [-0.2, 0) is 9.47 Å². The first kappa shape index (κ1) is 17.2. The Kier molecular flexibility index (Phi) is 4.88. The molecule has 0 aliphatic carbocycles.